The van der Waals surface area contributed by atoms with Gasteiger partial charge in [0.2, 0.25) is 5.82 Å². The molecule has 1 aliphatic rings. The molecule has 1 atom stereocenters. The van der Waals surface area contributed by atoms with E-state index in [0.717, 1.165) is 9.58 Å². The summed E-state index contributed by atoms with van der Waals surface area (Å²) in [4.78, 5) is 34.4. The summed E-state index contributed by atoms with van der Waals surface area (Å²) >= 11 is 0. The van der Waals surface area contributed by atoms with E-state index in [2.05, 4.69) is 15.1 Å². The van der Waals surface area contributed by atoms with Crippen LogP contribution in [-0.4, -0.2) is 36.5 Å². The van der Waals surface area contributed by atoms with Gasteiger partial charge < -0.3 is 0 Å². The number of fused-ring (bicyclic) bond motifs is 1. The number of pyridine rings is 1. The van der Waals surface area contributed by atoms with E-state index in [1.165, 1.54) is 6.20 Å². The second-order valence-corrected chi connectivity index (χ2v) is 5.93. The molecule has 0 saturated heterocycles. The number of carbonyl (C=O) groups excluding carboxylic acids is 2. The maximum atomic E-state index is 13.2. The van der Waals surface area contributed by atoms with Gasteiger partial charge in [-0.15, -0.1) is 5.10 Å². The van der Waals surface area contributed by atoms with Crippen LogP contribution in [0, 0.1) is 0 Å². The van der Waals surface area contributed by atoms with Crippen LogP contribution in [0.1, 0.15) is 51.8 Å². The fourth-order valence-electron chi connectivity index (χ4n) is 3.03. The summed E-state index contributed by atoms with van der Waals surface area (Å²) < 4.78 is 27.5. The van der Waals surface area contributed by atoms with E-state index in [0.29, 0.717) is 0 Å². The molecule has 1 unspecified atom stereocenters. The fourth-order valence-corrected chi connectivity index (χ4v) is 3.03. The van der Waals surface area contributed by atoms with Gasteiger partial charge >= 0.3 is 0 Å². The van der Waals surface area contributed by atoms with E-state index in [9.17, 15) is 18.4 Å². The van der Waals surface area contributed by atoms with Crippen molar-refractivity contribution in [2.75, 3.05) is 0 Å². The number of benzene rings is 1. The van der Waals surface area contributed by atoms with Crippen molar-refractivity contribution in [3.8, 4) is 5.82 Å². The predicted octanol–water partition coefficient (Wildman–Crippen LogP) is 2.96. The lowest BCUT2D eigenvalue weighted by Crippen LogP contribution is -2.34. The van der Waals surface area contributed by atoms with Gasteiger partial charge in [0.05, 0.1) is 17.2 Å². The number of nitrogens with zero attached hydrogens (tertiary/aromatic N) is 5. The molecule has 2 aromatic heterocycles. The third kappa shape index (κ3) is 2.67. The van der Waals surface area contributed by atoms with E-state index >= 15 is 0 Å². The number of hydrogen-bond acceptors (Lipinski definition) is 5. The molecule has 2 amide bonds. The Morgan fingerprint density at radius 2 is 1.59 bits per heavy atom. The van der Waals surface area contributed by atoms with Gasteiger partial charge in [0.1, 0.15) is 0 Å². The molecule has 0 radical (unpaired) electrons. The number of halogens is 2. The minimum absolute atomic E-state index is 0.0264. The summed E-state index contributed by atoms with van der Waals surface area (Å²) in [7, 11) is 0. The Bertz CT molecular complexity index is 1000. The van der Waals surface area contributed by atoms with Gasteiger partial charge in [0, 0.05) is 6.20 Å². The second-order valence-electron chi connectivity index (χ2n) is 5.93. The molecular formula is C18H13F2N5O2. The van der Waals surface area contributed by atoms with E-state index in [4.69, 9.17) is 0 Å². The van der Waals surface area contributed by atoms with Crippen LogP contribution in [0.5, 0.6) is 0 Å². The average molecular weight is 369 g/mol. The van der Waals surface area contributed by atoms with Crippen molar-refractivity contribution in [1.82, 2.24) is 24.6 Å². The van der Waals surface area contributed by atoms with Gasteiger partial charge in [0.15, 0.2) is 11.6 Å². The highest BCUT2D eigenvalue weighted by Crippen LogP contribution is 2.31. The first-order chi connectivity index (χ1) is 13.0. The topological polar surface area (TPSA) is 81.0 Å². The highest BCUT2D eigenvalue weighted by atomic mass is 19.3. The molecule has 0 bridgehead atoms. The SMILES string of the molecule is CC(c1nc(C(F)F)nn1-c1ccccn1)N1C(=O)c2ccccc2C1=O. The zero-order chi connectivity index (χ0) is 19.1. The van der Waals surface area contributed by atoms with Gasteiger partial charge in [-0.2, -0.15) is 4.68 Å². The monoisotopic (exact) mass is 369 g/mol. The van der Waals surface area contributed by atoms with Gasteiger partial charge in [-0.25, -0.2) is 18.7 Å². The summed E-state index contributed by atoms with van der Waals surface area (Å²) in [5.41, 5.74) is 0.541. The van der Waals surface area contributed by atoms with Gasteiger partial charge in [0.25, 0.3) is 18.2 Å². The quantitative estimate of drug-likeness (QED) is 0.661. The van der Waals surface area contributed by atoms with E-state index in [-0.39, 0.29) is 22.8 Å². The normalized spacial score (nSPS) is 14.7. The van der Waals surface area contributed by atoms with Crippen molar-refractivity contribution in [2.24, 2.45) is 0 Å². The number of imide groups is 1. The third-order valence-corrected chi connectivity index (χ3v) is 4.30. The van der Waals surface area contributed by atoms with Crippen LogP contribution in [0.2, 0.25) is 0 Å². The average Bonchev–Trinajstić information content (AvgIpc) is 3.23. The van der Waals surface area contributed by atoms with Gasteiger partial charge in [-0.1, -0.05) is 18.2 Å². The minimum Gasteiger partial charge on any atom is -0.269 e. The maximum Gasteiger partial charge on any atom is 0.299 e. The lowest BCUT2D eigenvalue weighted by atomic mass is 10.1. The molecule has 1 aliphatic heterocycles. The molecule has 7 nitrogen and oxygen atoms in total. The van der Waals surface area contributed by atoms with Gasteiger partial charge in [-0.3, -0.25) is 14.5 Å². The molecular weight excluding hydrogens is 356 g/mol. The summed E-state index contributed by atoms with van der Waals surface area (Å²) in [5, 5.41) is 3.82. The molecule has 0 saturated carbocycles. The zero-order valence-electron chi connectivity index (χ0n) is 14.1. The Labute approximate surface area is 152 Å². The second kappa shape index (κ2) is 6.35. The predicted molar refractivity (Wildman–Crippen MR) is 89.5 cm³/mol. The van der Waals surface area contributed by atoms with Crippen LogP contribution in [0.25, 0.3) is 5.82 Å². The van der Waals surface area contributed by atoms with Crippen molar-refractivity contribution in [1.29, 1.82) is 0 Å². The van der Waals surface area contributed by atoms with Crippen molar-refractivity contribution >= 4 is 11.8 Å². The lowest BCUT2D eigenvalue weighted by Gasteiger charge is -2.21. The Morgan fingerprint density at radius 3 is 2.15 bits per heavy atom. The Morgan fingerprint density at radius 1 is 0.963 bits per heavy atom. The Hall–Kier alpha value is -3.49. The van der Waals surface area contributed by atoms with Gasteiger partial charge in [-0.05, 0) is 31.2 Å². The van der Waals surface area contributed by atoms with E-state index in [1.54, 1.807) is 49.4 Å². The molecule has 9 heteroatoms. The maximum absolute atomic E-state index is 13.2. The summed E-state index contributed by atoms with van der Waals surface area (Å²) in [5.74, 6) is -1.41. The molecule has 1 aromatic carbocycles. The Balaban J connectivity index is 1.80. The first-order valence-electron chi connectivity index (χ1n) is 8.12. The lowest BCUT2D eigenvalue weighted by molar-refractivity contribution is 0.0587. The smallest absolute Gasteiger partial charge is 0.269 e. The molecule has 3 aromatic rings. The first-order valence-corrected chi connectivity index (χ1v) is 8.12. The number of amides is 2. The number of carbonyl (C=O) groups is 2. The van der Waals surface area contributed by atoms with Crippen molar-refractivity contribution in [3.05, 3.63) is 71.4 Å². The van der Waals surface area contributed by atoms with E-state index < -0.39 is 30.1 Å². The minimum atomic E-state index is -2.90. The molecule has 3 heterocycles. The van der Waals surface area contributed by atoms with E-state index in [1.807, 2.05) is 0 Å². The van der Waals surface area contributed by atoms with Crippen LogP contribution >= 0.6 is 0 Å². The van der Waals surface area contributed by atoms with Crippen LogP contribution in [0.3, 0.4) is 0 Å². The fraction of sp³-hybridized carbons (Fsp3) is 0.167. The Kier molecular flexibility index (Phi) is 3.98. The zero-order valence-corrected chi connectivity index (χ0v) is 14.1. The van der Waals surface area contributed by atoms with Crippen LogP contribution in [0.15, 0.2) is 48.7 Å². The first kappa shape index (κ1) is 17.0. The molecule has 0 aliphatic carbocycles. The largest absolute Gasteiger partial charge is 0.299 e. The molecule has 0 N–H and O–H groups in total. The number of rotatable bonds is 4. The van der Waals surface area contributed by atoms with Crippen LogP contribution in [0.4, 0.5) is 8.78 Å². The van der Waals surface area contributed by atoms with Crippen LogP contribution < -0.4 is 0 Å². The number of hydrogen-bond donors (Lipinski definition) is 0. The third-order valence-electron chi connectivity index (χ3n) is 4.30. The molecule has 4 rings (SSSR count). The number of aromatic nitrogens is 4. The summed E-state index contributed by atoms with van der Waals surface area (Å²) in [6.45, 7) is 1.54. The highest BCUT2D eigenvalue weighted by molar-refractivity contribution is 6.21. The molecule has 0 spiro atoms. The van der Waals surface area contributed by atoms with Crippen LogP contribution in [-0.2, 0) is 0 Å². The van der Waals surface area contributed by atoms with Crippen molar-refractivity contribution in [3.63, 3.8) is 0 Å². The standard InChI is InChI=1S/C18H13F2N5O2/c1-10(24-17(26)11-6-2-3-7-12(11)18(24)27)16-22-15(14(19)20)23-25(16)13-8-4-5-9-21-13/h2-10,14H,1H3. The molecule has 0 fully saturated rings. The summed E-state index contributed by atoms with van der Waals surface area (Å²) in [6.07, 6.45) is -1.42. The molecule has 136 valence electrons. The highest BCUT2D eigenvalue weighted by Gasteiger charge is 2.40. The summed E-state index contributed by atoms with van der Waals surface area (Å²) in [6, 6.07) is 10.4. The van der Waals surface area contributed by atoms with Crippen molar-refractivity contribution in [2.45, 2.75) is 19.4 Å². The number of alkyl halides is 2. The molecule has 27 heavy (non-hydrogen) atoms. The van der Waals surface area contributed by atoms with Crippen molar-refractivity contribution < 1.29 is 18.4 Å².